The van der Waals surface area contributed by atoms with Crippen molar-refractivity contribution in [2.24, 2.45) is 5.73 Å². The number of benzene rings is 1. The van der Waals surface area contributed by atoms with Crippen molar-refractivity contribution in [3.63, 3.8) is 0 Å². The Morgan fingerprint density at radius 3 is 2.79 bits per heavy atom. The number of nitrogens with two attached hydrogens (primary N) is 1. The van der Waals surface area contributed by atoms with Crippen LogP contribution >= 0.6 is 0 Å². The number of hydrazine groups is 1. The third-order valence-corrected chi connectivity index (χ3v) is 3.52. The van der Waals surface area contributed by atoms with Gasteiger partial charge >= 0.3 is 0 Å². The van der Waals surface area contributed by atoms with Gasteiger partial charge in [-0.25, -0.2) is 5.43 Å². The van der Waals surface area contributed by atoms with Crippen LogP contribution in [0.15, 0.2) is 30.3 Å². The lowest BCUT2D eigenvalue weighted by Gasteiger charge is -2.15. The third kappa shape index (κ3) is 3.76. The van der Waals surface area contributed by atoms with E-state index in [0.29, 0.717) is 12.6 Å². The van der Waals surface area contributed by atoms with Gasteiger partial charge in [0.25, 0.3) is 0 Å². The first-order chi connectivity index (χ1) is 9.20. The normalized spacial score (nSPS) is 24.1. The van der Waals surface area contributed by atoms with E-state index in [4.69, 9.17) is 5.73 Å². The van der Waals surface area contributed by atoms with Crippen LogP contribution in [0.3, 0.4) is 0 Å². The van der Waals surface area contributed by atoms with Gasteiger partial charge in [0.15, 0.2) is 0 Å². The van der Waals surface area contributed by atoms with Crippen LogP contribution in [-0.4, -0.2) is 24.5 Å². The van der Waals surface area contributed by atoms with E-state index >= 15 is 0 Å². The summed E-state index contributed by atoms with van der Waals surface area (Å²) in [5.41, 5.74) is 13.2. The van der Waals surface area contributed by atoms with Crippen molar-refractivity contribution in [3.8, 4) is 0 Å². The molecule has 2 rings (SSSR count). The lowest BCUT2D eigenvalue weighted by Crippen LogP contribution is -2.45. The van der Waals surface area contributed by atoms with Crippen LogP contribution in [0.25, 0.3) is 0 Å². The van der Waals surface area contributed by atoms with Gasteiger partial charge in [-0.2, -0.15) is 0 Å². The van der Waals surface area contributed by atoms with Crippen molar-refractivity contribution < 1.29 is 4.79 Å². The first-order valence-electron chi connectivity index (χ1n) is 6.80. The monoisotopic (exact) mass is 262 g/mol. The molecule has 104 valence electrons. The Morgan fingerprint density at radius 1 is 1.42 bits per heavy atom. The molecule has 0 bridgehead atoms. The number of nitrogens with one attached hydrogen (secondary N) is 3. The van der Waals surface area contributed by atoms with E-state index in [0.717, 1.165) is 18.4 Å². The number of hydrogen-bond donors (Lipinski definition) is 4. The molecule has 1 fully saturated rings. The van der Waals surface area contributed by atoms with Gasteiger partial charge in [-0.1, -0.05) is 37.3 Å². The van der Waals surface area contributed by atoms with Gasteiger partial charge in [0.2, 0.25) is 5.91 Å². The highest BCUT2D eigenvalue weighted by atomic mass is 16.2. The molecule has 3 atom stereocenters. The molecular weight excluding hydrogens is 240 g/mol. The number of amides is 1. The van der Waals surface area contributed by atoms with Crippen LogP contribution in [0.4, 0.5) is 0 Å². The molecule has 1 aromatic carbocycles. The maximum atomic E-state index is 12.0. The van der Waals surface area contributed by atoms with E-state index in [2.05, 4.69) is 23.1 Å². The number of hydrogen-bond acceptors (Lipinski definition) is 4. The summed E-state index contributed by atoms with van der Waals surface area (Å²) in [6.07, 6.45) is 1.84. The minimum absolute atomic E-state index is 0.00910. The molecule has 5 heteroatoms. The van der Waals surface area contributed by atoms with Crippen LogP contribution < -0.4 is 21.9 Å². The fraction of sp³-hybridized carbons (Fsp3) is 0.500. The molecule has 1 amide bonds. The van der Waals surface area contributed by atoms with Gasteiger partial charge in [0.1, 0.15) is 6.04 Å². The van der Waals surface area contributed by atoms with Crippen LogP contribution in [0, 0.1) is 0 Å². The van der Waals surface area contributed by atoms with Gasteiger partial charge in [-0.15, -0.1) is 0 Å². The summed E-state index contributed by atoms with van der Waals surface area (Å²) in [5, 5.41) is 2.90. The summed E-state index contributed by atoms with van der Waals surface area (Å²) < 4.78 is 0. The summed E-state index contributed by atoms with van der Waals surface area (Å²) in [6.45, 7) is 2.56. The van der Waals surface area contributed by atoms with Crippen LogP contribution in [0.5, 0.6) is 0 Å². The van der Waals surface area contributed by atoms with E-state index < -0.39 is 0 Å². The zero-order valence-corrected chi connectivity index (χ0v) is 11.2. The molecular formula is C14H22N4O. The Hall–Kier alpha value is -1.43. The second-order valence-electron chi connectivity index (χ2n) is 4.94. The highest BCUT2D eigenvalue weighted by molar-refractivity contribution is 5.82. The zero-order valence-electron chi connectivity index (χ0n) is 11.2. The predicted octanol–water partition coefficient (Wildman–Crippen LogP) is 0.448. The average Bonchev–Trinajstić information content (AvgIpc) is 2.94. The van der Waals surface area contributed by atoms with E-state index in [-0.39, 0.29) is 18.0 Å². The van der Waals surface area contributed by atoms with Crippen LogP contribution in [0.1, 0.15) is 31.4 Å². The van der Waals surface area contributed by atoms with Crippen LogP contribution in [-0.2, 0) is 4.79 Å². The van der Waals surface area contributed by atoms with Gasteiger partial charge in [0, 0.05) is 18.6 Å². The molecule has 1 saturated heterocycles. The van der Waals surface area contributed by atoms with E-state index in [9.17, 15) is 4.79 Å². The Bertz CT molecular complexity index is 409. The summed E-state index contributed by atoms with van der Waals surface area (Å²) >= 11 is 0. The maximum Gasteiger partial charge on any atom is 0.238 e. The van der Waals surface area contributed by atoms with Gasteiger partial charge < -0.3 is 11.1 Å². The van der Waals surface area contributed by atoms with Crippen molar-refractivity contribution in [3.05, 3.63) is 35.9 Å². The summed E-state index contributed by atoms with van der Waals surface area (Å²) in [4.78, 5) is 12.0. The summed E-state index contributed by atoms with van der Waals surface area (Å²) in [6, 6.07) is 9.84. The molecule has 1 aliphatic rings. The van der Waals surface area contributed by atoms with E-state index in [1.807, 2.05) is 30.3 Å². The maximum absolute atomic E-state index is 12.0. The Balaban J connectivity index is 1.78. The smallest absolute Gasteiger partial charge is 0.238 e. The van der Waals surface area contributed by atoms with Crippen molar-refractivity contribution in [2.75, 3.05) is 6.54 Å². The highest BCUT2D eigenvalue weighted by Crippen LogP contribution is 2.10. The van der Waals surface area contributed by atoms with Gasteiger partial charge in [-0.05, 0) is 18.4 Å². The number of rotatable bonds is 5. The SMILES string of the molecule is CCC1CC(C(=O)NCC(N)c2ccccc2)NN1. The minimum atomic E-state index is -0.165. The quantitative estimate of drug-likeness (QED) is 0.621. The Labute approximate surface area is 113 Å². The fourth-order valence-corrected chi connectivity index (χ4v) is 2.21. The molecule has 0 saturated carbocycles. The Morgan fingerprint density at radius 2 is 2.16 bits per heavy atom. The molecule has 5 nitrogen and oxygen atoms in total. The minimum Gasteiger partial charge on any atom is -0.353 e. The largest absolute Gasteiger partial charge is 0.353 e. The number of carbonyl (C=O) groups is 1. The standard InChI is InChI=1S/C14H22N4O/c1-2-11-8-13(18-17-11)14(19)16-9-12(15)10-6-4-3-5-7-10/h3-7,11-13,17-18H,2,8-9,15H2,1H3,(H,16,19). The summed E-state index contributed by atoms with van der Waals surface area (Å²) in [5.74, 6) is 0.00910. The fourth-order valence-electron chi connectivity index (χ4n) is 2.21. The highest BCUT2D eigenvalue weighted by Gasteiger charge is 2.27. The van der Waals surface area contributed by atoms with Crippen LogP contribution in [0.2, 0.25) is 0 Å². The van der Waals surface area contributed by atoms with Gasteiger partial charge in [-0.3, -0.25) is 10.2 Å². The molecule has 0 aliphatic carbocycles. The molecule has 1 aliphatic heterocycles. The first kappa shape index (κ1) is 14.0. The average molecular weight is 262 g/mol. The number of carbonyl (C=O) groups excluding carboxylic acids is 1. The summed E-state index contributed by atoms with van der Waals surface area (Å²) in [7, 11) is 0. The molecule has 0 aromatic heterocycles. The topological polar surface area (TPSA) is 79.2 Å². The van der Waals surface area contributed by atoms with Crippen molar-refractivity contribution >= 4 is 5.91 Å². The molecule has 0 radical (unpaired) electrons. The predicted molar refractivity (Wildman–Crippen MR) is 75.1 cm³/mol. The van der Waals surface area contributed by atoms with Crippen molar-refractivity contribution in [1.29, 1.82) is 0 Å². The molecule has 3 unspecified atom stereocenters. The molecule has 0 spiro atoms. The first-order valence-corrected chi connectivity index (χ1v) is 6.80. The van der Waals surface area contributed by atoms with Crippen molar-refractivity contribution in [1.82, 2.24) is 16.2 Å². The molecule has 5 N–H and O–H groups in total. The molecule has 1 heterocycles. The third-order valence-electron chi connectivity index (χ3n) is 3.52. The van der Waals surface area contributed by atoms with E-state index in [1.54, 1.807) is 0 Å². The second-order valence-corrected chi connectivity index (χ2v) is 4.94. The molecule has 1 aromatic rings. The van der Waals surface area contributed by atoms with E-state index in [1.165, 1.54) is 0 Å². The molecule has 19 heavy (non-hydrogen) atoms. The lowest BCUT2D eigenvalue weighted by atomic mass is 10.1. The van der Waals surface area contributed by atoms with Gasteiger partial charge in [0.05, 0.1) is 0 Å². The Kier molecular flexibility index (Phi) is 4.90. The lowest BCUT2D eigenvalue weighted by molar-refractivity contribution is -0.122. The zero-order chi connectivity index (χ0) is 13.7. The second kappa shape index (κ2) is 6.65. The van der Waals surface area contributed by atoms with Crippen molar-refractivity contribution in [2.45, 2.75) is 37.9 Å².